The van der Waals surface area contributed by atoms with Crippen LogP contribution in [0.3, 0.4) is 0 Å². The number of amides is 1. The first-order valence-corrected chi connectivity index (χ1v) is 7.15. The van der Waals surface area contributed by atoms with Gasteiger partial charge in [0.05, 0.1) is 12.1 Å². The highest BCUT2D eigenvalue weighted by atomic mass is 32.1. The molecular weight excluding hydrogens is 277 g/mol. The standard InChI is InChI=1S/C14H16FN3OS/c1-3-9-4-5-10(20-9)8-18-14(19)11-6-7-17-13(16-2)12(11)15/h4-7H,3,8H2,1-2H3,(H,16,17)(H,18,19). The third-order valence-corrected chi connectivity index (χ3v) is 4.09. The van der Waals surface area contributed by atoms with Crippen LogP contribution in [0.1, 0.15) is 27.0 Å². The summed E-state index contributed by atoms with van der Waals surface area (Å²) in [5, 5.41) is 5.33. The fourth-order valence-electron chi connectivity index (χ4n) is 1.76. The van der Waals surface area contributed by atoms with Crippen molar-refractivity contribution in [2.75, 3.05) is 12.4 Å². The lowest BCUT2D eigenvalue weighted by atomic mass is 10.2. The predicted molar refractivity (Wildman–Crippen MR) is 78.6 cm³/mol. The van der Waals surface area contributed by atoms with E-state index in [0.29, 0.717) is 6.54 Å². The molecule has 0 unspecified atom stereocenters. The molecule has 2 N–H and O–H groups in total. The van der Waals surface area contributed by atoms with Crippen molar-refractivity contribution in [2.45, 2.75) is 19.9 Å². The summed E-state index contributed by atoms with van der Waals surface area (Å²) in [5.41, 5.74) is -0.00313. The Labute approximate surface area is 121 Å². The van der Waals surface area contributed by atoms with E-state index in [1.165, 1.54) is 17.1 Å². The summed E-state index contributed by atoms with van der Waals surface area (Å²) in [6, 6.07) is 5.39. The minimum Gasteiger partial charge on any atom is -0.371 e. The van der Waals surface area contributed by atoms with Gasteiger partial charge in [-0.25, -0.2) is 9.37 Å². The predicted octanol–water partition coefficient (Wildman–Crippen LogP) is 2.82. The monoisotopic (exact) mass is 293 g/mol. The Hall–Kier alpha value is -1.95. The van der Waals surface area contributed by atoms with E-state index in [0.717, 1.165) is 11.3 Å². The molecule has 0 saturated carbocycles. The number of nitrogens with zero attached hydrogens (tertiary/aromatic N) is 1. The van der Waals surface area contributed by atoms with E-state index in [4.69, 9.17) is 0 Å². The van der Waals surface area contributed by atoms with Crippen LogP contribution in [0.15, 0.2) is 24.4 Å². The molecule has 0 saturated heterocycles. The molecule has 2 aromatic rings. The topological polar surface area (TPSA) is 54.0 Å². The Balaban J connectivity index is 2.05. The van der Waals surface area contributed by atoms with Gasteiger partial charge >= 0.3 is 0 Å². The minimum atomic E-state index is -0.632. The van der Waals surface area contributed by atoms with Crippen LogP contribution < -0.4 is 10.6 Å². The van der Waals surface area contributed by atoms with Crippen LogP contribution in [0.4, 0.5) is 10.2 Å². The first-order valence-electron chi connectivity index (χ1n) is 6.33. The zero-order valence-electron chi connectivity index (χ0n) is 11.4. The van der Waals surface area contributed by atoms with Crippen molar-refractivity contribution < 1.29 is 9.18 Å². The maximum atomic E-state index is 13.9. The number of aromatic nitrogens is 1. The molecule has 2 heterocycles. The summed E-state index contributed by atoms with van der Waals surface area (Å²) in [6.07, 6.45) is 2.38. The number of pyridine rings is 1. The van der Waals surface area contributed by atoms with Crippen molar-refractivity contribution in [3.8, 4) is 0 Å². The molecule has 2 aromatic heterocycles. The van der Waals surface area contributed by atoms with Gasteiger partial charge in [-0.2, -0.15) is 0 Å². The molecule has 0 aliphatic carbocycles. The molecule has 0 aromatic carbocycles. The van der Waals surface area contributed by atoms with Gasteiger partial charge < -0.3 is 10.6 Å². The fourth-order valence-corrected chi connectivity index (χ4v) is 2.66. The molecule has 2 rings (SSSR count). The van der Waals surface area contributed by atoms with Crippen molar-refractivity contribution in [2.24, 2.45) is 0 Å². The zero-order valence-corrected chi connectivity index (χ0v) is 12.2. The van der Waals surface area contributed by atoms with Crippen molar-refractivity contribution >= 4 is 23.1 Å². The van der Waals surface area contributed by atoms with Crippen LogP contribution in [0, 0.1) is 5.82 Å². The number of nitrogens with one attached hydrogen (secondary N) is 2. The van der Waals surface area contributed by atoms with Crippen molar-refractivity contribution in [3.05, 3.63) is 45.5 Å². The molecule has 0 bridgehead atoms. The number of aryl methyl sites for hydroxylation is 1. The van der Waals surface area contributed by atoms with Gasteiger partial charge in [-0.05, 0) is 24.6 Å². The third-order valence-electron chi connectivity index (χ3n) is 2.86. The minimum absolute atomic E-state index is 0.00313. The number of anilines is 1. The molecule has 0 aliphatic rings. The Morgan fingerprint density at radius 2 is 2.10 bits per heavy atom. The number of hydrogen-bond donors (Lipinski definition) is 2. The van der Waals surface area contributed by atoms with Gasteiger partial charge in [-0.1, -0.05) is 6.92 Å². The lowest BCUT2D eigenvalue weighted by Crippen LogP contribution is -2.24. The number of rotatable bonds is 5. The molecule has 6 heteroatoms. The van der Waals surface area contributed by atoms with Crippen molar-refractivity contribution in [1.29, 1.82) is 0 Å². The van der Waals surface area contributed by atoms with Crippen LogP contribution >= 0.6 is 11.3 Å². The molecule has 0 radical (unpaired) electrons. The SMILES string of the molecule is CCc1ccc(CNC(=O)c2ccnc(NC)c2F)s1. The number of halogens is 1. The van der Waals surface area contributed by atoms with Crippen LogP contribution in [0.5, 0.6) is 0 Å². The number of carbonyl (C=O) groups is 1. The quantitative estimate of drug-likeness (QED) is 0.891. The Morgan fingerprint density at radius 3 is 2.75 bits per heavy atom. The summed E-state index contributed by atoms with van der Waals surface area (Å²) in [4.78, 5) is 18.1. The molecule has 0 aliphatic heterocycles. The lowest BCUT2D eigenvalue weighted by molar-refractivity contribution is 0.0947. The second-order valence-electron chi connectivity index (χ2n) is 4.18. The van der Waals surface area contributed by atoms with Crippen LogP contribution in [-0.4, -0.2) is 17.9 Å². The van der Waals surface area contributed by atoms with E-state index in [9.17, 15) is 9.18 Å². The average Bonchev–Trinajstić information content (AvgIpc) is 2.93. The largest absolute Gasteiger partial charge is 0.371 e. The van der Waals surface area contributed by atoms with Crippen molar-refractivity contribution in [3.63, 3.8) is 0 Å². The molecule has 0 atom stereocenters. The van der Waals surface area contributed by atoms with E-state index in [1.54, 1.807) is 18.4 Å². The molecule has 0 fully saturated rings. The number of hydrogen-bond acceptors (Lipinski definition) is 4. The molecule has 0 spiro atoms. The van der Waals surface area contributed by atoms with Gasteiger partial charge in [0.15, 0.2) is 11.6 Å². The normalized spacial score (nSPS) is 10.3. The number of carbonyl (C=O) groups excluding carboxylic acids is 1. The van der Waals surface area contributed by atoms with Gasteiger partial charge in [-0.3, -0.25) is 4.79 Å². The first-order chi connectivity index (χ1) is 9.65. The van der Waals surface area contributed by atoms with Crippen molar-refractivity contribution in [1.82, 2.24) is 10.3 Å². The Bertz CT molecular complexity index is 612. The second-order valence-corrected chi connectivity index (χ2v) is 5.43. The molecule has 20 heavy (non-hydrogen) atoms. The van der Waals surface area contributed by atoms with Gasteiger partial charge in [0.1, 0.15) is 0 Å². The number of thiophene rings is 1. The summed E-state index contributed by atoms with van der Waals surface area (Å²) < 4.78 is 13.9. The molecule has 4 nitrogen and oxygen atoms in total. The summed E-state index contributed by atoms with van der Waals surface area (Å²) in [6.45, 7) is 2.49. The smallest absolute Gasteiger partial charge is 0.254 e. The van der Waals surface area contributed by atoms with E-state index >= 15 is 0 Å². The van der Waals surface area contributed by atoms with E-state index in [1.807, 2.05) is 12.1 Å². The van der Waals surface area contributed by atoms with Crippen LogP contribution in [0.25, 0.3) is 0 Å². The highest BCUT2D eigenvalue weighted by Gasteiger charge is 2.15. The van der Waals surface area contributed by atoms with Crippen LogP contribution in [0.2, 0.25) is 0 Å². The summed E-state index contributed by atoms with van der Waals surface area (Å²) in [5.74, 6) is -0.997. The average molecular weight is 293 g/mol. The maximum Gasteiger partial charge on any atom is 0.254 e. The van der Waals surface area contributed by atoms with E-state index in [2.05, 4.69) is 22.5 Å². The van der Waals surface area contributed by atoms with Gasteiger partial charge in [0, 0.05) is 23.0 Å². The zero-order chi connectivity index (χ0) is 14.5. The summed E-state index contributed by atoms with van der Waals surface area (Å²) >= 11 is 1.65. The highest BCUT2D eigenvalue weighted by molar-refractivity contribution is 7.11. The molecular formula is C14H16FN3OS. The van der Waals surface area contributed by atoms with Gasteiger partial charge in [0.25, 0.3) is 5.91 Å². The second kappa shape index (κ2) is 6.47. The van der Waals surface area contributed by atoms with E-state index in [-0.39, 0.29) is 11.4 Å². The van der Waals surface area contributed by atoms with Gasteiger partial charge in [-0.15, -0.1) is 11.3 Å². The molecule has 106 valence electrons. The fraction of sp³-hybridized carbons (Fsp3) is 0.286. The third kappa shape index (κ3) is 3.14. The maximum absolute atomic E-state index is 13.9. The molecule has 1 amide bonds. The Kier molecular flexibility index (Phi) is 4.68. The lowest BCUT2D eigenvalue weighted by Gasteiger charge is -2.07. The summed E-state index contributed by atoms with van der Waals surface area (Å²) in [7, 11) is 1.56. The highest BCUT2D eigenvalue weighted by Crippen LogP contribution is 2.17. The van der Waals surface area contributed by atoms with Gasteiger partial charge in [0.2, 0.25) is 0 Å². The Morgan fingerprint density at radius 1 is 1.35 bits per heavy atom. The van der Waals surface area contributed by atoms with Crippen LogP contribution in [-0.2, 0) is 13.0 Å². The van der Waals surface area contributed by atoms with E-state index < -0.39 is 11.7 Å². The first kappa shape index (κ1) is 14.5.